The van der Waals surface area contributed by atoms with Crippen molar-refractivity contribution in [1.29, 1.82) is 0 Å². The standard InChI is InChI=1S/C10H9ClF5NO/c1-18-7-3-2-5(11)4-6(7)8(17)9(12,13)10(14,15)16/h2-4,8H,17H2,1H3/t8-/m0/s1. The van der Waals surface area contributed by atoms with E-state index < -0.39 is 23.7 Å². The van der Waals surface area contributed by atoms with Crippen molar-refractivity contribution < 1.29 is 26.7 Å². The van der Waals surface area contributed by atoms with E-state index in [1.54, 1.807) is 0 Å². The number of ether oxygens (including phenoxy) is 1. The van der Waals surface area contributed by atoms with Crippen molar-refractivity contribution >= 4 is 11.6 Å². The Hall–Kier alpha value is -1.08. The van der Waals surface area contributed by atoms with Gasteiger partial charge in [0.25, 0.3) is 0 Å². The fourth-order valence-electron chi connectivity index (χ4n) is 1.32. The summed E-state index contributed by atoms with van der Waals surface area (Å²) in [6.45, 7) is 0. The Labute approximate surface area is 104 Å². The molecule has 0 unspecified atom stereocenters. The van der Waals surface area contributed by atoms with E-state index in [1.165, 1.54) is 12.1 Å². The predicted molar refractivity (Wildman–Crippen MR) is 55.9 cm³/mol. The second kappa shape index (κ2) is 4.89. The van der Waals surface area contributed by atoms with Crippen LogP contribution in [0.2, 0.25) is 5.02 Å². The zero-order chi connectivity index (χ0) is 14.1. The van der Waals surface area contributed by atoms with E-state index in [4.69, 9.17) is 17.3 Å². The molecule has 2 nitrogen and oxygen atoms in total. The van der Waals surface area contributed by atoms with Crippen molar-refractivity contribution in [3.05, 3.63) is 28.8 Å². The lowest BCUT2D eigenvalue weighted by Crippen LogP contribution is -2.45. The molecule has 0 saturated carbocycles. The van der Waals surface area contributed by atoms with Gasteiger partial charge in [0.2, 0.25) is 0 Å². The summed E-state index contributed by atoms with van der Waals surface area (Å²) in [6.07, 6.45) is -5.75. The molecule has 0 fully saturated rings. The second-order valence-corrected chi connectivity index (χ2v) is 3.92. The highest BCUT2D eigenvalue weighted by Gasteiger charge is 2.62. The van der Waals surface area contributed by atoms with Gasteiger partial charge in [-0.25, -0.2) is 0 Å². The van der Waals surface area contributed by atoms with Gasteiger partial charge in [0.1, 0.15) is 11.8 Å². The molecular weight excluding hydrogens is 281 g/mol. The molecule has 1 atom stereocenters. The molecule has 1 rings (SSSR count). The number of methoxy groups -OCH3 is 1. The van der Waals surface area contributed by atoms with Gasteiger partial charge in [-0.05, 0) is 18.2 Å². The Morgan fingerprint density at radius 3 is 2.22 bits per heavy atom. The molecule has 0 saturated heterocycles. The lowest BCUT2D eigenvalue weighted by molar-refractivity contribution is -0.291. The van der Waals surface area contributed by atoms with Crippen LogP contribution < -0.4 is 10.5 Å². The number of hydrogen-bond acceptors (Lipinski definition) is 2. The molecule has 0 aromatic heterocycles. The number of nitrogens with two attached hydrogens (primary N) is 1. The Bertz CT molecular complexity index is 435. The zero-order valence-corrected chi connectivity index (χ0v) is 9.82. The predicted octanol–water partition coefficient (Wildman–Crippen LogP) is 3.55. The first-order valence-corrected chi connectivity index (χ1v) is 5.02. The van der Waals surface area contributed by atoms with E-state index in [2.05, 4.69) is 4.74 Å². The largest absolute Gasteiger partial charge is 0.496 e. The van der Waals surface area contributed by atoms with Gasteiger partial charge in [0, 0.05) is 10.6 Å². The molecule has 2 N–H and O–H groups in total. The third-order valence-electron chi connectivity index (χ3n) is 2.30. The minimum Gasteiger partial charge on any atom is -0.496 e. The van der Waals surface area contributed by atoms with Crippen LogP contribution in [0.5, 0.6) is 5.75 Å². The Kier molecular flexibility index (Phi) is 4.07. The van der Waals surface area contributed by atoms with Gasteiger partial charge < -0.3 is 10.5 Å². The van der Waals surface area contributed by atoms with Crippen LogP contribution in [0.15, 0.2) is 18.2 Å². The Balaban J connectivity index is 3.26. The number of halogens is 6. The van der Waals surface area contributed by atoms with E-state index in [9.17, 15) is 22.0 Å². The molecule has 102 valence electrons. The van der Waals surface area contributed by atoms with Crippen molar-refractivity contribution in [2.24, 2.45) is 5.73 Å². The van der Waals surface area contributed by atoms with E-state index in [0.717, 1.165) is 13.2 Å². The first-order chi connectivity index (χ1) is 8.11. The summed E-state index contributed by atoms with van der Waals surface area (Å²) >= 11 is 5.54. The fraction of sp³-hybridized carbons (Fsp3) is 0.400. The fourth-order valence-corrected chi connectivity index (χ4v) is 1.50. The molecule has 0 aliphatic rings. The van der Waals surface area contributed by atoms with Crippen LogP contribution in [0.4, 0.5) is 22.0 Å². The lowest BCUT2D eigenvalue weighted by atomic mass is 10.00. The third kappa shape index (κ3) is 2.67. The molecule has 0 bridgehead atoms. The van der Waals surface area contributed by atoms with Gasteiger partial charge in [-0.2, -0.15) is 22.0 Å². The average Bonchev–Trinajstić information content (AvgIpc) is 2.26. The van der Waals surface area contributed by atoms with E-state index >= 15 is 0 Å². The number of hydrogen-bond donors (Lipinski definition) is 1. The van der Waals surface area contributed by atoms with Crippen molar-refractivity contribution in [3.8, 4) is 5.75 Å². The summed E-state index contributed by atoms with van der Waals surface area (Å²) in [6, 6.07) is 0.794. The molecule has 0 spiro atoms. The lowest BCUT2D eigenvalue weighted by Gasteiger charge is -2.27. The highest BCUT2D eigenvalue weighted by atomic mass is 35.5. The molecule has 0 radical (unpaired) electrons. The van der Waals surface area contributed by atoms with Gasteiger partial charge >= 0.3 is 12.1 Å². The van der Waals surface area contributed by atoms with Crippen LogP contribution in [0.1, 0.15) is 11.6 Å². The monoisotopic (exact) mass is 289 g/mol. The number of benzene rings is 1. The van der Waals surface area contributed by atoms with Gasteiger partial charge in [-0.3, -0.25) is 0 Å². The number of alkyl halides is 5. The topological polar surface area (TPSA) is 35.2 Å². The van der Waals surface area contributed by atoms with E-state index in [-0.39, 0.29) is 10.8 Å². The second-order valence-electron chi connectivity index (χ2n) is 3.48. The zero-order valence-electron chi connectivity index (χ0n) is 9.06. The third-order valence-corrected chi connectivity index (χ3v) is 2.53. The first kappa shape index (κ1) is 15.0. The Morgan fingerprint density at radius 2 is 1.78 bits per heavy atom. The maximum absolute atomic E-state index is 13.1. The van der Waals surface area contributed by atoms with Crippen molar-refractivity contribution in [1.82, 2.24) is 0 Å². The molecule has 18 heavy (non-hydrogen) atoms. The molecule has 1 aromatic carbocycles. The summed E-state index contributed by atoms with van der Waals surface area (Å²) in [5.74, 6) is -5.26. The minimum atomic E-state index is -5.75. The van der Waals surface area contributed by atoms with Crippen LogP contribution in [0, 0.1) is 0 Å². The molecule has 0 heterocycles. The van der Waals surface area contributed by atoms with Crippen LogP contribution in [-0.2, 0) is 0 Å². The SMILES string of the molecule is COc1ccc(Cl)cc1[C@H](N)C(F)(F)C(F)(F)F. The quantitative estimate of drug-likeness (QED) is 0.864. The maximum atomic E-state index is 13.1. The van der Waals surface area contributed by atoms with Crippen LogP contribution in [0.3, 0.4) is 0 Å². The van der Waals surface area contributed by atoms with E-state index in [0.29, 0.717) is 0 Å². The van der Waals surface area contributed by atoms with E-state index in [1.807, 2.05) is 0 Å². The highest BCUT2D eigenvalue weighted by molar-refractivity contribution is 6.30. The van der Waals surface area contributed by atoms with Crippen LogP contribution >= 0.6 is 11.6 Å². The summed E-state index contributed by atoms with van der Waals surface area (Å²) in [5, 5.41) is -0.0146. The van der Waals surface area contributed by atoms with Gasteiger partial charge in [0.15, 0.2) is 0 Å². The molecule has 0 amide bonds. The van der Waals surface area contributed by atoms with Crippen molar-refractivity contribution in [2.75, 3.05) is 7.11 Å². The maximum Gasteiger partial charge on any atom is 0.455 e. The summed E-state index contributed by atoms with van der Waals surface area (Å²) in [7, 11) is 1.13. The normalized spacial score (nSPS) is 14.4. The average molecular weight is 290 g/mol. The molecule has 1 aromatic rings. The summed E-state index contributed by atoms with van der Waals surface area (Å²) in [4.78, 5) is 0. The van der Waals surface area contributed by atoms with Gasteiger partial charge in [-0.1, -0.05) is 11.6 Å². The summed E-state index contributed by atoms with van der Waals surface area (Å²) < 4.78 is 67.5. The molecule has 0 aliphatic carbocycles. The van der Waals surface area contributed by atoms with Crippen LogP contribution in [0.25, 0.3) is 0 Å². The highest BCUT2D eigenvalue weighted by Crippen LogP contribution is 2.45. The number of rotatable bonds is 3. The Morgan fingerprint density at radius 1 is 1.22 bits per heavy atom. The van der Waals surface area contributed by atoms with Crippen molar-refractivity contribution in [2.45, 2.75) is 18.1 Å². The smallest absolute Gasteiger partial charge is 0.455 e. The summed E-state index contributed by atoms with van der Waals surface area (Å²) in [5.41, 5.74) is 4.49. The van der Waals surface area contributed by atoms with Crippen molar-refractivity contribution in [3.63, 3.8) is 0 Å². The molecule has 0 aliphatic heterocycles. The molecular formula is C10H9ClF5NO. The van der Waals surface area contributed by atoms with Gasteiger partial charge in [0.05, 0.1) is 7.11 Å². The first-order valence-electron chi connectivity index (χ1n) is 4.64. The van der Waals surface area contributed by atoms with Crippen LogP contribution in [-0.4, -0.2) is 19.2 Å². The minimum absolute atomic E-state index is 0.0146. The molecule has 8 heteroatoms. The van der Waals surface area contributed by atoms with Gasteiger partial charge in [-0.15, -0.1) is 0 Å².